The van der Waals surface area contributed by atoms with E-state index in [4.69, 9.17) is 16.3 Å². The summed E-state index contributed by atoms with van der Waals surface area (Å²) in [5.74, 6) is -1.30. The van der Waals surface area contributed by atoms with Crippen LogP contribution in [0.2, 0.25) is 5.02 Å². The molecule has 1 aliphatic rings. The van der Waals surface area contributed by atoms with Crippen molar-refractivity contribution in [3.63, 3.8) is 0 Å². The van der Waals surface area contributed by atoms with E-state index in [1.807, 2.05) is 6.07 Å². The quantitative estimate of drug-likeness (QED) is 0.882. The lowest BCUT2D eigenvalue weighted by atomic mass is 9.99. The van der Waals surface area contributed by atoms with Gasteiger partial charge in [0.05, 0.1) is 17.7 Å². The fourth-order valence-corrected chi connectivity index (χ4v) is 3.08. The lowest BCUT2D eigenvalue weighted by Gasteiger charge is -2.28. The number of methoxy groups -OCH3 is 1. The number of benzene rings is 2. The maximum Gasteiger partial charge on any atom is 0.409 e. The van der Waals surface area contributed by atoms with E-state index in [0.29, 0.717) is 25.2 Å². The summed E-state index contributed by atoms with van der Waals surface area (Å²) in [5, 5.41) is 2.70. The number of rotatable bonds is 2. The second-order valence-electron chi connectivity index (χ2n) is 5.68. The second kappa shape index (κ2) is 7.11. The Hall–Kier alpha value is -2.60. The molecule has 0 saturated heterocycles. The van der Waals surface area contributed by atoms with Crippen molar-refractivity contribution < 1.29 is 18.7 Å². The van der Waals surface area contributed by atoms with Gasteiger partial charge in [0.25, 0.3) is 5.91 Å². The van der Waals surface area contributed by atoms with E-state index >= 15 is 0 Å². The van der Waals surface area contributed by atoms with E-state index in [9.17, 15) is 14.0 Å². The Bertz CT molecular complexity index is 821. The van der Waals surface area contributed by atoms with Crippen LogP contribution in [0.4, 0.5) is 14.9 Å². The summed E-state index contributed by atoms with van der Waals surface area (Å²) in [5.41, 5.74) is 2.32. The van der Waals surface area contributed by atoms with Gasteiger partial charge in [0.2, 0.25) is 0 Å². The summed E-state index contributed by atoms with van der Waals surface area (Å²) in [6.45, 7) is 0.975. The first-order chi connectivity index (χ1) is 12.0. The van der Waals surface area contributed by atoms with E-state index in [-0.39, 0.29) is 10.6 Å². The van der Waals surface area contributed by atoms with E-state index in [0.717, 1.165) is 11.1 Å². The normalized spacial score (nSPS) is 13.2. The van der Waals surface area contributed by atoms with Crippen molar-refractivity contribution in [3.05, 3.63) is 63.9 Å². The standard InChI is InChI=1S/C18H16ClFN2O3/c1-25-18(24)22-8-7-11-5-6-13(9-12(11)10-22)21-17(23)16-14(19)3-2-4-15(16)20/h2-6,9H,7-8,10H2,1H3,(H,21,23). The third-order valence-electron chi connectivity index (χ3n) is 4.10. The van der Waals surface area contributed by atoms with Crippen LogP contribution in [0.15, 0.2) is 36.4 Å². The van der Waals surface area contributed by atoms with Crippen LogP contribution in [0.5, 0.6) is 0 Å². The average molecular weight is 363 g/mol. The van der Waals surface area contributed by atoms with Gasteiger partial charge in [0, 0.05) is 18.8 Å². The number of ether oxygens (including phenoxy) is 1. The van der Waals surface area contributed by atoms with Gasteiger partial charge in [-0.3, -0.25) is 4.79 Å². The van der Waals surface area contributed by atoms with Gasteiger partial charge in [-0.2, -0.15) is 0 Å². The Balaban J connectivity index is 1.81. The number of nitrogens with one attached hydrogen (secondary N) is 1. The summed E-state index contributed by atoms with van der Waals surface area (Å²) >= 11 is 5.92. The van der Waals surface area contributed by atoms with E-state index in [2.05, 4.69) is 5.32 Å². The smallest absolute Gasteiger partial charge is 0.409 e. The molecule has 1 aliphatic heterocycles. The Morgan fingerprint density at radius 2 is 2.04 bits per heavy atom. The Labute approximate surface area is 149 Å². The minimum atomic E-state index is -0.681. The van der Waals surface area contributed by atoms with Crippen LogP contribution in [-0.2, 0) is 17.7 Å². The van der Waals surface area contributed by atoms with Crippen molar-refractivity contribution in [2.45, 2.75) is 13.0 Å². The molecule has 130 valence electrons. The average Bonchev–Trinajstić information content (AvgIpc) is 2.60. The molecule has 2 aromatic carbocycles. The maximum atomic E-state index is 13.9. The molecule has 0 bridgehead atoms. The molecule has 25 heavy (non-hydrogen) atoms. The molecular weight excluding hydrogens is 347 g/mol. The number of carbonyl (C=O) groups is 2. The molecule has 0 aromatic heterocycles. The molecule has 0 radical (unpaired) electrons. The van der Waals surface area contributed by atoms with Crippen LogP contribution in [0.25, 0.3) is 0 Å². The van der Waals surface area contributed by atoms with Crippen LogP contribution in [0.3, 0.4) is 0 Å². The number of anilines is 1. The zero-order valence-electron chi connectivity index (χ0n) is 13.5. The molecule has 0 saturated carbocycles. The summed E-state index contributed by atoms with van der Waals surface area (Å²) < 4.78 is 18.6. The van der Waals surface area contributed by atoms with Crippen molar-refractivity contribution in [2.75, 3.05) is 19.0 Å². The molecule has 0 spiro atoms. The summed E-state index contributed by atoms with van der Waals surface area (Å²) in [4.78, 5) is 25.6. The Kier molecular flexibility index (Phi) is 4.90. The largest absolute Gasteiger partial charge is 0.453 e. The van der Waals surface area contributed by atoms with Crippen LogP contribution in [0, 0.1) is 5.82 Å². The summed E-state index contributed by atoms with van der Waals surface area (Å²) in [6, 6.07) is 9.50. The minimum absolute atomic E-state index is 0.0485. The van der Waals surface area contributed by atoms with Crippen molar-refractivity contribution in [2.24, 2.45) is 0 Å². The Morgan fingerprint density at radius 3 is 2.76 bits per heavy atom. The van der Waals surface area contributed by atoms with Gasteiger partial charge in [-0.25, -0.2) is 9.18 Å². The van der Waals surface area contributed by atoms with E-state index in [1.165, 1.54) is 25.3 Å². The highest BCUT2D eigenvalue weighted by Crippen LogP contribution is 2.25. The van der Waals surface area contributed by atoms with Gasteiger partial charge < -0.3 is 15.0 Å². The molecule has 0 atom stereocenters. The third kappa shape index (κ3) is 3.58. The maximum absolute atomic E-state index is 13.9. The Morgan fingerprint density at radius 1 is 1.24 bits per heavy atom. The molecule has 3 rings (SSSR count). The van der Waals surface area contributed by atoms with Crippen molar-refractivity contribution >= 4 is 29.3 Å². The number of hydrogen-bond donors (Lipinski definition) is 1. The van der Waals surface area contributed by atoms with Gasteiger partial charge in [-0.05, 0) is 41.8 Å². The number of halogens is 2. The topological polar surface area (TPSA) is 58.6 Å². The molecule has 5 nitrogen and oxygen atoms in total. The fourth-order valence-electron chi connectivity index (χ4n) is 2.83. The molecule has 1 heterocycles. The lowest BCUT2D eigenvalue weighted by molar-refractivity contribution is 0.102. The monoisotopic (exact) mass is 362 g/mol. The van der Waals surface area contributed by atoms with Crippen LogP contribution >= 0.6 is 11.6 Å². The third-order valence-corrected chi connectivity index (χ3v) is 4.41. The molecule has 2 aromatic rings. The highest BCUT2D eigenvalue weighted by molar-refractivity contribution is 6.34. The first-order valence-corrected chi connectivity index (χ1v) is 8.07. The predicted octanol–water partition coefficient (Wildman–Crippen LogP) is 3.86. The van der Waals surface area contributed by atoms with Gasteiger partial charge in [0.1, 0.15) is 5.82 Å². The molecule has 0 unspecified atom stereocenters. The molecule has 2 amide bonds. The first-order valence-electron chi connectivity index (χ1n) is 7.69. The lowest BCUT2D eigenvalue weighted by Crippen LogP contribution is -2.35. The first kappa shape index (κ1) is 17.2. The predicted molar refractivity (Wildman–Crippen MR) is 92.3 cm³/mol. The van der Waals surface area contributed by atoms with Crippen LogP contribution in [0.1, 0.15) is 21.5 Å². The van der Waals surface area contributed by atoms with Crippen LogP contribution in [-0.4, -0.2) is 30.6 Å². The zero-order chi connectivity index (χ0) is 18.0. The fraction of sp³-hybridized carbons (Fsp3) is 0.222. The van der Waals surface area contributed by atoms with Crippen molar-refractivity contribution in [3.8, 4) is 0 Å². The van der Waals surface area contributed by atoms with Gasteiger partial charge in [0.15, 0.2) is 0 Å². The minimum Gasteiger partial charge on any atom is -0.453 e. The number of fused-ring (bicyclic) bond motifs is 1. The van der Waals surface area contributed by atoms with Gasteiger partial charge >= 0.3 is 6.09 Å². The highest BCUT2D eigenvalue weighted by Gasteiger charge is 2.22. The van der Waals surface area contributed by atoms with Crippen molar-refractivity contribution in [1.82, 2.24) is 4.90 Å². The van der Waals surface area contributed by atoms with Gasteiger partial charge in [-0.1, -0.05) is 23.7 Å². The molecule has 1 N–H and O–H groups in total. The second-order valence-corrected chi connectivity index (χ2v) is 6.08. The number of nitrogens with zero attached hydrogens (tertiary/aromatic N) is 1. The molecule has 7 heteroatoms. The number of hydrogen-bond acceptors (Lipinski definition) is 3. The molecular formula is C18H16ClFN2O3. The summed E-state index contributed by atoms with van der Waals surface area (Å²) in [6.07, 6.45) is 0.316. The highest BCUT2D eigenvalue weighted by atomic mass is 35.5. The SMILES string of the molecule is COC(=O)N1CCc2ccc(NC(=O)c3c(F)cccc3Cl)cc2C1. The van der Waals surface area contributed by atoms with E-state index in [1.54, 1.807) is 17.0 Å². The number of carbonyl (C=O) groups excluding carboxylic acids is 2. The van der Waals surface area contributed by atoms with Gasteiger partial charge in [-0.15, -0.1) is 0 Å². The van der Waals surface area contributed by atoms with Crippen LogP contribution < -0.4 is 5.32 Å². The molecule has 0 fully saturated rings. The summed E-state index contributed by atoms with van der Waals surface area (Å²) in [7, 11) is 1.34. The van der Waals surface area contributed by atoms with E-state index < -0.39 is 17.8 Å². The van der Waals surface area contributed by atoms with Crippen molar-refractivity contribution in [1.29, 1.82) is 0 Å². The zero-order valence-corrected chi connectivity index (χ0v) is 14.3. The molecule has 0 aliphatic carbocycles. The number of amides is 2.